The standard InChI is InChI=1S/C34H38N4O5/c1-24-20-26-8-2-3-9-27(26)22-38(30-11-5-4-10-29(24)30)34(43)18-19-35-31(40)12-6-7-13-32(41)36-21-33(42)37-28-16-14-25(23-39)15-17-28/h2-5,8-11,14-17,20,39H,6-7,12-13,18-19,21-23H2,1H3,(H,35,40)(H,36,41)(H,37,42)/b24-20-. The molecule has 0 saturated carbocycles. The number of aliphatic hydroxyl groups excluding tert-OH is 1. The predicted molar refractivity (Wildman–Crippen MR) is 168 cm³/mol. The predicted octanol–water partition coefficient (Wildman–Crippen LogP) is 4.41. The van der Waals surface area contributed by atoms with Gasteiger partial charge in [0.05, 0.1) is 25.4 Å². The Kier molecular flexibility index (Phi) is 11.2. The monoisotopic (exact) mass is 582 g/mol. The summed E-state index contributed by atoms with van der Waals surface area (Å²) in [6.07, 6.45) is 3.78. The van der Waals surface area contributed by atoms with Crippen LogP contribution in [-0.4, -0.2) is 41.8 Å². The van der Waals surface area contributed by atoms with Crippen molar-refractivity contribution in [3.63, 3.8) is 0 Å². The molecule has 0 unspecified atom stereocenters. The number of nitrogens with one attached hydrogen (secondary N) is 3. The Labute approximate surface area is 252 Å². The molecule has 4 rings (SSSR count). The van der Waals surface area contributed by atoms with E-state index in [4.69, 9.17) is 5.11 Å². The molecule has 0 aliphatic carbocycles. The van der Waals surface area contributed by atoms with E-state index in [9.17, 15) is 19.2 Å². The topological polar surface area (TPSA) is 128 Å². The van der Waals surface area contributed by atoms with Gasteiger partial charge in [-0.15, -0.1) is 0 Å². The number of para-hydroxylation sites is 1. The van der Waals surface area contributed by atoms with Gasteiger partial charge in [0.2, 0.25) is 23.6 Å². The summed E-state index contributed by atoms with van der Waals surface area (Å²) >= 11 is 0. The number of fused-ring (bicyclic) bond motifs is 2. The van der Waals surface area contributed by atoms with Crippen molar-refractivity contribution >= 4 is 46.7 Å². The van der Waals surface area contributed by atoms with Crippen molar-refractivity contribution in [2.24, 2.45) is 0 Å². The van der Waals surface area contributed by atoms with Crippen molar-refractivity contribution in [3.8, 4) is 0 Å². The zero-order chi connectivity index (χ0) is 30.6. The molecule has 4 amide bonds. The molecule has 0 saturated heterocycles. The maximum atomic E-state index is 13.4. The van der Waals surface area contributed by atoms with Gasteiger partial charge < -0.3 is 26.0 Å². The van der Waals surface area contributed by atoms with E-state index in [1.165, 1.54) is 0 Å². The van der Waals surface area contributed by atoms with Gasteiger partial charge in [-0.05, 0) is 60.2 Å². The highest BCUT2D eigenvalue weighted by Gasteiger charge is 2.22. The molecule has 3 aromatic carbocycles. The number of unbranched alkanes of at least 4 members (excludes halogenated alkanes) is 1. The van der Waals surface area contributed by atoms with Crippen LogP contribution in [0.4, 0.5) is 11.4 Å². The number of nitrogens with zero attached hydrogens (tertiary/aromatic N) is 1. The lowest BCUT2D eigenvalue weighted by Gasteiger charge is -2.28. The van der Waals surface area contributed by atoms with Crippen LogP contribution in [0.3, 0.4) is 0 Å². The number of carbonyl (C=O) groups excluding carboxylic acids is 4. The molecule has 9 heteroatoms. The minimum atomic E-state index is -0.353. The summed E-state index contributed by atoms with van der Waals surface area (Å²) < 4.78 is 0. The summed E-state index contributed by atoms with van der Waals surface area (Å²) in [6, 6.07) is 22.7. The van der Waals surface area contributed by atoms with Gasteiger partial charge in [-0.25, -0.2) is 0 Å². The van der Waals surface area contributed by atoms with E-state index < -0.39 is 0 Å². The molecule has 0 aromatic heterocycles. The average molecular weight is 583 g/mol. The fourth-order valence-electron chi connectivity index (χ4n) is 4.92. The Bertz CT molecular complexity index is 1480. The molecule has 0 bridgehead atoms. The fourth-order valence-corrected chi connectivity index (χ4v) is 4.92. The van der Waals surface area contributed by atoms with Crippen molar-refractivity contribution in [2.45, 2.75) is 52.2 Å². The number of rotatable bonds is 12. The lowest BCUT2D eigenvalue weighted by molar-refractivity contribution is -0.124. The Morgan fingerprint density at radius 2 is 1.47 bits per heavy atom. The van der Waals surface area contributed by atoms with Crippen LogP contribution < -0.4 is 20.9 Å². The molecule has 0 fully saturated rings. The maximum absolute atomic E-state index is 13.4. The van der Waals surface area contributed by atoms with E-state index in [0.29, 0.717) is 25.1 Å². The third kappa shape index (κ3) is 9.11. The summed E-state index contributed by atoms with van der Waals surface area (Å²) in [7, 11) is 0. The van der Waals surface area contributed by atoms with E-state index in [0.717, 1.165) is 33.5 Å². The summed E-state index contributed by atoms with van der Waals surface area (Å²) in [4.78, 5) is 51.7. The quantitative estimate of drug-likeness (QED) is 0.235. The number of allylic oxidation sites excluding steroid dienone is 1. The second-order valence-electron chi connectivity index (χ2n) is 10.5. The van der Waals surface area contributed by atoms with Crippen LogP contribution in [0.2, 0.25) is 0 Å². The van der Waals surface area contributed by atoms with E-state index in [1.807, 2.05) is 49.4 Å². The largest absolute Gasteiger partial charge is 0.392 e. The van der Waals surface area contributed by atoms with Crippen LogP contribution in [-0.2, 0) is 32.3 Å². The molecular formula is C34H38N4O5. The van der Waals surface area contributed by atoms with Gasteiger partial charge >= 0.3 is 0 Å². The third-order valence-electron chi connectivity index (χ3n) is 7.26. The number of benzene rings is 3. The van der Waals surface area contributed by atoms with Crippen molar-refractivity contribution in [1.29, 1.82) is 0 Å². The van der Waals surface area contributed by atoms with Crippen molar-refractivity contribution < 1.29 is 24.3 Å². The Hall–Kier alpha value is -4.76. The van der Waals surface area contributed by atoms with Crippen LogP contribution >= 0.6 is 0 Å². The molecule has 3 aromatic rings. The number of amides is 4. The van der Waals surface area contributed by atoms with Crippen molar-refractivity contribution in [1.82, 2.24) is 10.6 Å². The van der Waals surface area contributed by atoms with Crippen molar-refractivity contribution in [3.05, 3.63) is 95.1 Å². The minimum absolute atomic E-state index is 0.0693. The van der Waals surface area contributed by atoms with E-state index >= 15 is 0 Å². The number of hydrogen-bond donors (Lipinski definition) is 4. The second kappa shape index (κ2) is 15.5. The number of carbonyl (C=O) groups is 4. The Morgan fingerprint density at radius 1 is 0.791 bits per heavy atom. The summed E-state index contributed by atoms with van der Waals surface area (Å²) in [5.74, 6) is -0.858. The molecule has 1 heterocycles. The molecule has 43 heavy (non-hydrogen) atoms. The first kappa shape index (κ1) is 31.2. The SMILES string of the molecule is C/C1=C/c2ccccc2CN(C(=O)CCNC(=O)CCCCC(=O)NCC(=O)Nc2ccc(CO)cc2)c2ccccc21. The summed E-state index contributed by atoms with van der Waals surface area (Å²) in [5, 5.41) is 17.2. The average Bonchev–Trinajstić information content (AvgIpc) is 3.01. The fraction of sp³-hybridized carbons (Fsp3) is 0.294. The van der Waals surface area contributed by atoms with Gasteiger partial charge in [-0.3, -0.25) is 19.2 Å². The molecule has 224 valence electrons. The molecule has 1 aliphatic rings. The molecule has 9 nitrogen and oxygen atoms in total. The van der Waals surface area contributed by atoms with Crippen LogP contribution in [0.15, 0.2) is 72.8 Å². The molecule has 0 spiro atoms. The van der Waals surface area contributed by atoms with Gasteiger partial charge in [0.25, 0.3) is 0 Å². The van der Waals surface area contributed by atoms with Crippen LogP contribution in [0, 0.1) is 0 Å². The Morgan fingerprint density at radius 3 is 2.21 bits per heavy atom. The smallest absolute Gasteiger partial charge is 0.243 e. The molecule has 1 aliphatic heterocycles. The zero-order valence-corrected chi connectivity index (χ0v) is 24.4. The number of aliphatic hydroxyl groups is 1. The minimum Gasteiger partial charge on any atom is -0.392 e. The van der Waals surface area contributed by atoms with E-state index in [-0.39, 0.29) is 62.6 Å². The summed E-state index contributed by atoms with van der Waals surface area (Å²) in [5.41, 5.74) is 6.41. The van der Waals surface area contributed by atoms with Gasteiger partial charge in [0.15, 0.2) is 0 Å². The third-order valence-corrected chi connectivity index (χ3v) is 7.26. The Balaban J connectivity index is 1.16. The summed E-state index contributed by atoms with van der Waals surface area (Å²) in [6.45, 7) is 2.49. The van der Waals surface area contributed by atoms with Crippen molar-refractivity contribution in [2.75, 3.05) is 23.3 Å². The van der Waals surface area contributed by atoms with E-state index in [2.05, 4.69) is 28.1 Å². The van der Waals surface area contributed by atoms with E-state index in [1.54, 1.807) is 29.2 Å². The highest BCUT2D eigenvalue weighted by Crippen LogP contribution is 2.33. The first-order chi connectivity index (χ1) is 20.8. The molecule has 0 radical (unpaired) electrons. The maximum Gasteiger partial charge on any atom is 0.243 e. The lowest BCUT2D eigenvalue weighted by Crippen LogP contribution is -2.35. The van der Waals surface area contributed by atoms with Gasteiger partial charge in [-0.1, -0.05) is 60.7 Å². The van der Waals surface area contributed by atoms with Gasteiger partial charge in [0, 0.05) is 37.1 Å². The van der Waals surface area contributed by atoms with Crippen LogP contribution in [0.5, 0.6) is 0 Å². The van der Waals surface area contributed by atoms with Crippen LogP contribution in [0.25, 0.3) is 11.6 Å². The molecule has 4 N–H and O–H groups in total. The lowest BCUT2D eigenvalue weighted by atomic mass is 9.96. The first-order valence-electron chi connectivity index (χ1n) is 14.5. The zero-order valence-electron chi connectivity index (χ0n) is 24.4. The highest BCUT2D eigenvalue weighted by molar-refractivity contribution is 5.99. The second-order valence-corrected chi connectivity index (χ2v) is 10.5. The van der Waals surface area contributed by atoms with Gasteiger partial charge in [-0.2, -0.15) is 0 Å². The first-order valence-corrected chi connectivity index (χ1v) is 14.5. The highest BCUT2D eigenvalue weighted by atomic mass is 16.3. The number of hydrogen-bond acceptors (Lipinski definition) is 5. The van der Waals surface area contributed by atoms with Gasteiger partial charge in [0.1, 0.15) is 0 Å². The normalized spacial score (nSPS) is 13.3. The van der Waals surface area contributed by atoms with Crippen LogP contribution in [0.1, 0.15) is 61.3 Å². The molecular weight excluding hydrogens is 544 g/mol. The molecule has 0 atom stereocenters. The number of anilines is 2.